The monoisotopic (exact) mass is 428 g/mol. The van der Waals surface area contributed by atoms with Crippen LogP contribution in [0, 0.1) is 35.5 Å². The molecule has 5 rings (SSSR count). The molecule has 34 heavy (non-hydrogen) atoms. The summed E-state index contributed by atoms with van der Waals surface area (Å²) in [5, 5.41) is 2.09. The molecule has 0 saturated carbocycles. The summed E-state index contributed by atoms with van der Waals surface area (Å²) in [5.74, 6) is 20.0. The third-order valence-corrected chi connectivity index (χ3v) is 5.39. The first-order chi connectivity index (χ1) is 16.9. The molecule has 0 atom stereocenters. The van der Waals surface area contributed by atoms with Gasteiger partial charge < -0.3 is 0 Å². The highest BCUT2D eigenvalue weighted by atomic mass is 14.1. The minimum atomic E-state index is 0.946. The molecule has 0 aliphatic carbocycles. The van der Waals surface area contributed by atoms with Gasteiger partial charge >= 0.3 is 0 Å². The van der Waals surface area contributed by atoms with Crippen LogP contribution in [0.25, 0.3) is 10.8 Å². The first-order valence-electron chi connectivity index (χ1n) is 11.1. The Morgan fingerprint density at radius 1 is 0.294 bits per heavy atom. The van der Waals surface area contributed by atoms with Crippen LogP contribution in [0.3, 0.4) is 0 Å². The predicted molar refractivity (Wildman–Crippen MR) is 141 cm³/mol. The Morgan fingerprint density at radius 3 is 1.21 bits per heavy atom. The summed E-state index contributed by atoms with van der Waals surface area (Å²) < 4.78 is 0. The molecule has 0 aliphatic rings. The van der Waals surface area contributed by atoms with Gasteiger partial charge in [0.05, 0.1) is 0 Å². The quantitative estimate of drug-likeness (QED) is 0.232. The van der Waals surface area contributed by atoms with Crippen LogP contribution < -0.4 is 0 Å². The SMILES string of the molecule is C(#Cc1ccc(C#Cc2ccccc2)c2c(C#Cc3ccccc3)cccc12)c1ccccc1. The fourth-order valence-corrected chi connectivity index (χ4v) is 3.71. The summed E-state index contributed by atoms with van der Waals surface area (Å²) in [6.07, 6.45) is 0. The van der Waals surface area contributed by atoms with E-state index in [2.05, 4.69) is 59.8 Å². The maximum Gasteiger partial charge on any atom is 0.0340 e. The average Bonchev–Trinajstić information content (AvgIpc) is 2.91. The van der Waals surface area contributed by atoms with E-state index in [-0.39, 0.29) is 0 Å². The highest BCUT2D eigenvalue weighted by Gasteiger charge is 2.07. The molecule has 0 heterocycles. The van der Waals surface area contributed by atoms with Gasteiger partial charge in [-0.25, -0.2) is 0 Å². The third-order valence-electron chi connectivity index (χ3n) is 5.39. The number of rotatable bonds is 0. The van der Waals surface area contributed by atoms with E-state index in [4.69, 9.17) is 0 Å². The van der Waals surface area contributed by atoms with Crippen LogP contribution in [0.1, 0.15) is 33.4 Å². The number of hydrogen-bond donors (Lipinski definition) is 0. The van der Waals surface area contributed by atoms with Gasteiger partial charge in [0.25, 0.3) is 0 Å². The normalized spacial score (nSPS) is 9.65. The standard InChI is InChI=1S/C34H20/c1-4-11-27(12-5-1)19-22-30-25-26-32(24-21-29-15-8-3-9-16-29)34-31(17-10-18-33(30)34)23-20-28-13-6-2-7-14-28/h1-18,25-26H. The molecule has 5 aromatic carbocycles. The van der Waals surface area contributed by atoms with Gasteiger partial charge in [0.1, 0.15) is 0 Å². The fourth-order valence-electron chi connectivity index (χ4n) is 3.71. The van der Waals surface area contributed by atoms with Gasteiger partial charge in [0, 0.05) is 38.8 Å². The Labute approximate surface area is 200 Å². The van der Waals surface area contributed by atoms with E-state index >= 15 is 0 Å². The van der Waals surface area contributed by atoms with Crippen LogP contribution >= 0.6 is 0 Å². The molecule has 0 bridgehead atoms. The van der Waals surface area contributed by atoms with Gasteiger partial charge in [-0.1, -0.05) is 102 Å². The molecule has 0 N–H and O–H groups in total. The second-order valence-electron chi connectivity index (χ2n) is 7.74. The van der Waals surface area contributed by atoms with Gasteiger partial charge in [0.15, 0.2) is 0 Å². The Bertz CT molecular complexity index is 1560. The van der Waals surface area contributed by atoms with Crippen LogP contribution in [0.2, 0.25) is 0 Å². The Hall–Kier alpha value is -4.96. The molecule has 0 fully saturated rings. The van der Waals surface area contributed by atoms with Crippen molar-refractivity contribution < 1.29 is 0 Å². The molecular weight excluding hydrogens is 408 g/mol. The van der Waals surface area contributed by atoms with Crippen LogP contribution in [0.5, 0.6) is 0 Å². The molecule has 0 heteroatoms. The van der Waals surface area contributed by atoms with Crippen molar-refractivity contribution in [2.45, 2.75) is 0 Å². The molecule has 0 spiro atoms. The van der Waals surface area contributed by atoms with E-state index in [1.165, 1.54) is 0 Å². The average molecular weight is 429 g/mol. The van der Waals surface area contributed by atoms with E-state index in [0.717, 1.165) is 44.2 Å². The summed E-state index contributed by atoms with van der Waals surface area (Å²) in [6, 6.07) is 40.4. The lowest BCUT2D eigenvalue weighted by Crippen LogP contribution is -1.90. The lowest BCUT2D eigenvalue weighted by atomic mass is 9.95. The first kappa shape index (κ1) is 20.9. The van der Waals surface area contributed by atoms with Gasteiger partial charge in [-0.2, -0.15) is 0 Å². The molecular formula is C34H20. The van der Waals surface area contributed by atoms with E-state index in [1.807, 2.05) is 97.1 Å². The smallest absolute Gasteiger partial charge is 0.0340 e. The zero-order chi connectivity index (χ0) is 23.0. The van der Waals surface area contributed by atoms with Gasteiger partial charge in [-0.15, -0.1) is 0 Å². The Kier molecular flexibility index (Phi) is 6.22. The molecule has 0 aromatic heterocycles. The molecule has 156 valence electrons. The summed E-state index contributed by atoms with van der Waals surface area (Å²) in [6.45, 7) is 0. The summed E-state index contributed by atoms with van der Waals surface area (Å²) in [5.41, 5.74) is 5.81. The summed E-state index contributed by atoms with van der Waals surface area (Å²) >= 11 is 0. The van der Waals surface area contributed by atoms with Crippen molar-refractivity contribution in [1.82, 2.24) is 0 Å². The zero-order valence-electron chi connectivity index (χ0n) is 18.5. The number of benzene rings is 5. The Morgan fingerprint density at radius 2 is 0.706 bits per heavy atom. The molecule has 5 aromatic rings. The maximum absolute atomic E-state index is 3.38. The van der Waals surface area contributed by atoms with Crippen molar-refractivity contribution in [2.24, 2.45) is 0 Å². The van der Waals surface area contributed by atoms with Crippen molar-refractivity contribution in [1.29, 1.82) is 0 Å². The summed E-state index contributed by atoms with van der Waals surface area (Å²) in [4.78, 5) is 0. The lowest BCUT2D eigenvalue weighted by molar-refractivity contribution is 1.61. The second-order valence-corrected chi connectivity index (χ2v) is 7.74. The van der Waals surface area contributed by atoms with Crippen molar-refractivity contribution >= 4 is 10.8 Å². The van der Waals surface area contributed by atoms with Crippen molar-refractivity contribution in [3.63, 3.8) is 0 Å². The largest absolute Gasteiger partial charge is 0.0622 e. The molecule has 0 aliphatic heterocycles. The van der Waals surface area contributed by atoms with E-state index < -0.39 is 0 Å². The third kappa shape index (κ3) is 4.92. The van der Waals surface area contributed by atoms with E-state index in [0.29, 0.717) is 0 Å². The van der Waals surface area contributed by atoms with Gasteiger partial charge in [-0.05, 0) is 60.0 Å². The first-order valence-corrected chi connectivity index (χ1v) is 11.1. The van der Waals surface area contributed by atoms with Crippen molar-refractivity contribution in [3.8, 4) is 35.5 Å². The van der Waals surface area contributed by atoms with Crippen LogP contribution in [0.4, 0.5) is 0 Å². The zero-order valence-corrected chi connectivity index (χ0v) is 18.5. The van der Waals surface area contributed by atoms with Crippen molar-refractivity contribution in [3.05, 3.63) is 155 Å². The predicted octanol–water partition coefficient (Wildman–Crippen LogP) is 7.04. The van der Waals surface area contributed by atoms with Crippen LogP contribution in [-0.2, 0) is 0 Å². The number of fused-ring (bicyclic) bond motifs is 1. The van der Waals surface area contributed by atoms with E-state index in [9.17, 15) is 0 Å². The van der Waals surface area contributed by atoms with Gasteiger partial charge in [0.2, 0.25) is 0 Å². The lowest BCUT2D eigenvalue weighted by Gasteiger charge is -2.07. The second kappa shape index (κ2) is 10.1. The van der Waals surface area contributed by atoms with Crippen LogP contribution in [0.15, 0.2) is 121 Å². The maximum atomic E-state index is 3.38. The minimum Gasteiger partial charge on any atom is -0.0622 e. The molecule has 0 amide bonds. The highest BCUT2D eigenvalue weighted by Crippen LogP contribution is 2.26. The summed E-state index contributed by atoms with van der Waals surface area (Å²) in [7, 11) is 0. The van der Waals surface area contributed by atoms with Gasteiger partial charge in [-0.3, -0.25) is 0 Å². The Balaban J connectivity index is 1.68. The molecule has 0 nitrogen and oxygen atoms in total. The molecule has 0 unspecified atom stereocenters. The fraction of sp³-hybridized carbons (Fsp3) is 0. The van der Waals surface area contributed by atoms with Crippen molar-refractivity contribution in [2.75, 3.05) is 0 Å². The molecule has 0 radical (unpaired) electrons. The molecule has 0 saturated heterocycles. The van der Waals surface area contributed by atoms with E-state index in [1.54, 1.807) is 0 Å². The topological polar surface area (TPSA) is 0 Å². The number of hydrogen-bond acceptors (Lipinski definition) is 0. The minimum absolute atomic E-state index is 0.946. The highest BCUT2D eigenvalue weighted by molar-refractivity contribution is 5.97. The van der Waals surface area contributed by atoms with Crippen LogP contribution in [-0.4, -0.2) is 0 Å².